The molecule has 0 radical (unpaired) electrons. The number of aliphatic hydroxyl groups excluding tert-OH is 1. The highest BCUT2D eigenvalue weighted by molar-refractivity contribution is 6.16. The maximum Gasteiger partial charge on any atom is 0.259 e. The first-order valence-corrected chi connectivity index (χ1v) is 11.1. The summed E-state index contributed by atoms with van der Waals surface area (Å²) in [5.74, 6) is 5.64. The minimum atomic E-state index is -0.866. The van der Waals surface area contributed by atoms with Gasteiger partial charge < -0.3 is 20.7 Å². The highest BCUT2D eigenvalue weighted by Crippen LogP contribution is 2.31. The molecule has 1 atom stereocenters. The lowest BCUT2D eigenvalue weighted by Crippen LogP contribution is -2.28. The van der Waals surface area contributed by atoms with E-state index in [0.29, 0.717) is 12.4 Å². The van der Waals surface area contributed by atoms with Gasteiger partial charge in [0.2, 0.25) is 0 Å². The fraction of sp³-hybridized carbons (Fsp3) is 0.360. The molecule has 1 unspecified atom stereocenters. The van der Waals surface area contributed by atoms with Crippen LogP contribution >= 0.6 is 0 Å². The first-order chi connectivity index (χ1) is 15.9. The number of benzene rings is 1. The summed E-state index contributed by atoms with van der Waals surface area (Å²) in [4.78, 5) is 21.8. The number of pyridine rings is 1. The van der Waals surface area contributed by atoms with E-state index < -0.39 is 6.10 Å². The summed E-state index contributed by atoms with van der Waals surface area (Å²) in [6.07, 6.45) is 4.65. The molecule has 0 aliphatic heterocycles. The second-order valence-corrected chi connectivity index (χ2v) is 8.44. The summed E-state index contributed by atoms with van der Waals surface area (Å²) in [7, 11) is 0. The zero-order valence-corrected chi connectivity index (χ0v) is 18.9. The maximum absolute atomic E-state index is 13.6. The van der Waals surface area contributed by atoms with Crippen molar-refractivity contribution >= 4 is 28.1 Å². The van der Waals surface area contributed by atoms with Gasteiger partial charge in [-0.05, 0) is 49.6 Å². The van der Waals surface area contributed by atoms with E-state index in [9.17, 15) is 9.90 Å². The molecule has 0 bridgehead atoms. The normalized spacial score (nSPS) is 14.6. The Kier molecular flexibility index (Phi) is 6.43. The lowest BCUT2D eigenvalue weighted by molar-refractivity contribution is 0.253. The lowest BCUT2D eigenvalue weighted by Gasteiger charge is -2.21. The highest BCUT2D eigenvalue weighted by Gasteiger charge is 2.23. The average Bonchev–Trinajstić information content (AvgIpc) is 3.30. The van der Waals surface area contributed by atoms with E-state index in [1.165, 1.54) is 13.3 Å². The average molecular weight is 445 g/mol. The number of nitrogens with two attached hydrogens (primary N) is 1. The minimum Gasteiger partial charge on any atom is -0.383 e. The van der Waals surface area contributed by atoms with Crippen molar-refractivity contribution < 1.29 is 5.11 Å². The summed E-state index contributed by atoms with van der Waals surface area (Å²) in [5.41, 5.74) is 8.08. The van der Waals surface area contributed by atoms with Crippen LogP contribution in [-0.4, -0.2) is 31.5 Å². The van der Waals surface area contributed by atoms with Gasteiger partial charge in [0.1, 0.15) is 29.8 Å². The van der Waals surface area contributed by atoms with Crippen molar-refractivity contribution in [2.45, 2.75) is 58.2 Å². The maximum atomic E-state index is 13.6. The Balaban J connectivity index is 1.75. The third-order valence-electron chi connectivity index (χ3n) is 6.03. The SMILES string of the molecule is Cc1cccc2cc(CNc3ncnc(N)c3C(=N)C#CC(C)O)n(C3CCCC3)c(=O)c12. The van der Waals surface area contributed by atoms with Crippen LogP contribution in [0.1, 0.15) is 55.5 Å². The zero-order valence-electron chi connectivity index (χ0n) is 18.9. The number of nitrogens with zero attached hydrogens (tertiary/aromatic N) is 3. The van der Waals surface area contributed by atoms with E-state index in [1.54, 1.807) is 0 Å². The van der Waals surface area contributed by atoms with Crippen molar-refractivity contribution in [2.24, 2.45) is 0 Å². The van der Waals surface area contributed by atoms with Crippen LogP contribution in [0.5, 0.6) is 0 Å². The summed E-state index contributed by atoms with van der Waals surface area (Å²) in [6.45, 7) is 3.82. The third-order valence-corrected chi connectivity index (χ3v) is 6.03. The van der Waals surface area contributed by atoms with E-state index in [0.717, 1.165) is 47.7 Å². The monoisotopic (exact) mass is 444 g/mol. The Morgan fingerprint density at radius 3 is 2.85 bits per heavy atom. The molecule has 0 saturated heterocycles. The Bertz CT molecular complexity index is 1330. The standard InChI is InChI=1S/C25H28N6O2/c1-15-6-5-7-17-12-19(31(25(33)21(15)17)18-8-3-4-9-18)13-28-24-22(23(27)29-14-30-24)20(26)11-10-16(2)32/h5-7,12,14,16,18,26,32H,3-4,8-9,13H2,1-2H3,(H3,27,28,29,30). The highest BCUT2D eigenvalue weighted by atomic mass is 16.3. The first kappa shape index (κ1) is 22.5. The number of aromatic nitrogens is 3. The Morgan fingerprint density at radius 1 is 1.36 bits per heavy atom. The topological polar surface area (TPSA) is 130 Å². The zero-order chi connectivity index (χ0) is 23.5. The molecule has 1 aliphatic rings. The van der Waals surface area contributed by atoms with Gasteiger partial charge >= 0.3 is 0 Å². The number of rotatable bonds is 5. The molecule has 1 aliphatic carbocycles. The van der Waals surface area contributed by atoms with Crippen LogP contribution in [0, 0.1) is 24.2 Å². The molecule has 2 aromatic heterocycles. The minimum absolute atomic E-state index is 0.0345. The summed E-state index contributed by atoms with van der Waals surface area (Å²) < 4.78 is 1.93. The van der Waals surface area contributed by atoms with Crippen LogP contribution in [0.3, 0.4) is 0 Å². The van der Waals surface area contributed by atoms with Gasteiger partial charge in [-0.25, -0.2) is 9.97 Å². The molecule has 1 aromatic carbocycles. The van der Waals surface area contributed by atoms with Crippen molar-refractivity contribution in [3.8, 4) is 11.8 Å². The molecule has 8 heteroatoms. The smallest absolute Gasteiger partial charge is 0.259 e. The number of nitrogen functional groups attached to an aromatic ring is 1. The molecule has 5 N–H and O–H groups in total. The molecule has 8 nitrogen and oxygen atoms in total. The fourth-order valence-corrected chi connectivity index (χ4v) is 4.49. The Morgan fingerprint density at radius 2 is 2.12 bits per heavy atom. The van der Waals surface area contributed by atoms with E-state index in [4.69, 9.17) is 11.1 Å². The molecule has 4 rings (SSSR count). The first-order valence-electron chi connectivity index (χ1n) is 11.1. The largest absolute Gasteiger partial charge is 0.383 e. The number of anilines is 2. The molecule has 2 heterocycles. The molecule has 1 saturated carbocycles. The van der Waals surface area contributed by atoms with Crippen molar-refractivity contribution in [3.63, 3.8) is 0 Å². The number of aryl methyl sites for hydroxylation is 1. The summed E-state index contributed by atoms with van der Waals surface area (Å²) >= 11 is 0. The second-order valence-electron chi connectivity index (χ2n) is 8.44. The molecule has 33 heavy (non-hydrogen) atoms. The van der Waals surface area contributed by atoms with Crippen molar-refractivity contribution in [2.75, 3.05) is 11.1 Å². The van der Waals surface area contributed by atoms with E-state index in [2.05, 4.69) is 33.2 Å². The van der Waals surface area contributed by atoms with Gasteiger partial charge in [-0.3, -0.25) is 10.2 Å². The van der Waals surface area contributed by atoms with Gasteiger partial charge in [-0.15, -0.1) is 0 Å². The van der Waals surface area contributed by atoms with Crippen LogP contribution in [0.15, 0.2) is 35.4 Å². The van der Waals surface area contributed by atoms with Crippen LogP contribution in [-0.2, 0) is 6.54 Å². The number of nitrogens with one attached hydrogen (secondary N) is 2. The van der Waals surface area contributed by atoms with E-state index in [1.807, 2.05) is 29.7 Å². The van der Waals surface area contributed by atoms with E-state index >= 15 is 0 Å². The fourth-order valence-electron chi connectivity index (χ4n) is 4.49. The summed E-state index contributed by atoms with van der Waals surface area (Å²) in [5, 5.41) is 22.6. The Hall–Kier alpha value is -3.70. The quantitative estimate of drug-likeness (QED) is 0.353. The van der Waals surface area contributed by atoms with Crippen LogP contribution in [0.4, 0.5) is 11.6 Å². The van der Waals surface area contributed by atoms with Crippen LogP contribution in [0.2, 0.25) is 0 Å². The predicted molar refractivity (Wildman–Crippen MR) is 131 cm³/mol. The van der Waals surface area contributed by atoms with Gasteiger partial charge in [-0.1, -0.05) is 37.0 Å². The van der Waals surface area contributed by atoms with Crippen molar-refractivity contribution in [1.82, 2.24) is 14.5 Å². The molecular formula is C25H28N6O2. The third kappa shape index (κ3) is 4.59. The van der Waals surface area contributed by atoms with Crippen LogP contribution in [0.25, 0.3) is 10.8 Å². The van der Waals surface area contributed by atoms with Gasteiger partial charge in [0.05, 0.1) is 17.5 Å². The number of fused-ring (bicyclic) bond motifs is 1. The van der Waals surface area contributed by atoms with E-state index in [-0.39, 0.29) is 28.7 Å². The number of hydrogen-bond acceptors (Lipinski definition) is 7. The number of hydrogen-bond donors (Lipinski definition) is 4. The van der Waals surface area contributed by atoms with Crippen LogP contribution < -0.4 is 16.6 Å². The second kappa shape index (κ2) is 9.43. The number of aliphatic hydroxyl groups is 1. The Labute approximate surface area is 192 Å². The van der Waals surface area contributed by atoms with Crippen molar-refractivity contribution in [1.29, 1.82) is 5.41 Å². The molecule has 0 spiro atoms. The molecular weight excluding hydrogens is 416 g/mol. The lowest BCUT2D eigenvalue weighted by atomic mass is 10.0. The molecule has 3 aromatic rings. The van der Waals surface area contributed by atoms with Gasteiger partial charge in [-0.2, -0.15) is 0 Å². The summed E-state index contributed by atoms with van der Waals surface area (Å²) in [6, 6.07) is 8.11. The van der Waals surface area contributed by atoms with Crippen molar-refractivity contribution in [3.05, 3.63) is 57.8 Å². The molecule has 0 amide bonds. The molecule has 1 fully saturated rings. The molecule has 170 valence electrons. The van der Waals surface area contributed by atoms with Gasteiger partial charge in [0.25, 0.3) is 5.56 Å². The van der Waals surface area contributed by atoms with Gasteiger partial charge in [0.15, 0.2) is 0 Å². The van der Waals surface area contributed by atoms with Gasteiger partial charge in [0, 0.05) is 11.7 Å². The predicted octanol–water partition coefficient (Wildman–Crippen LogP) is 3.16.